The molecule has 4 nitrogen and oxygen atoms in total. The Hall–Kier alpha value is -2.10. The van der Waals surface area contributed by atoms with E-state index < -0.39 is 0 Å². The van der Waals surface area contributed by atoms with Gasteiger partial charge in [0, 0.05) is 30.9 Å². The van der Waals surface area contributed by atoms with Crippen LogP contribution in [0.1, 0.15) is 37.0 Å². The number of aromatic nitrogens is 2. The zero-order chi connectivity index (χ0) is 15.1. The molecule has 0 aliphatic carbocycles. The van der Waals surface area contributed by atoms with E-state index in [0.717, 1.165) is 17.7 Å². The highest BCUT2D eigenvalue weighted by Gasteiger charge is 2.06. The average molecular weight is 286 g/mol. The van der Waals surface area contributed by atoms with Gasteiger partial charge in [0.2, 0.25) is 0 Å². The lowest BCUT2D eigenvalue weighted by molar-refractivity contribution is 0.0977. The molecule has 0 amide bonds. The fraction of sp³-hybridized carbons (Fsp3) is 0.412. The number of benzene rings is 1. The molecule has 4 heteroatoms. The van der Waals surface area contributed by atoms with Crippen molar-refractivity contribution >= 4 is 5.78 Å². The summed E-state index contributed by atoms with van der Waals surface area (Å²) in [5, 5.41) is 0. The predicted octanol–water partition coefficient (Wildman–Crippen LogP) is 3.58. The Labute approximate surface area is 125 Å². The summed E-state index contributed by atoms with van der Waals surface area (Å²) in [7, 11) is 0. The van der Waals surface area contributed by atoms with Crippen molar-refractivity contribution in [1.82, 2.24) is 9.55 Å². The van der Waals surface area contributed by atoms with Crippen LogP contribution in [0.3, 0.4) is 0 Å². The zero-order valence-corrected chi connectivity index (χ0v) is 12.7. The molecule has 0 atom stereocenters. The summed E-state index contributed by atoms with van der Waals surface area (Å²) in [6.07, 6.45) is 6.81. The van der Waals surface area contributed by atoms with Crippen LogP contribution in [0.4, 0.5) is 0 Å². The van der Waals surface area contributed by atoms with E-state index in [-0.39, 0.29) is 5.78 Å². The molecule has 0 N–H and O–H groups in total. The van der Waals surface area contributed by atoms with Crippen molar-refractivity contribution in [3.05, 3.63) is 48.5 Å². The summed E-state index contributed by atoms with van der Waals surface area (Å²) < 4.78 is 7.55. The SMILES string of the molecule is CC(C)CCOc1ccc(C(=O)CCn2ccnc2)cc1. The van der Waals surface area contributed by atoms with Gasteiger partial charge in [0.1, 0.15) is 5.75 Å². The topological polar surface area (TPSA) is 44.1 Å². The third-order valence-corrected chi connectivity index (χ3v) is 3.30. The Morgan fingerprint density at radius 1 is 1.29 bits per heavy atom. The molecule has 0 saturated heterocycles. The van der Waals surface area contributed by atoms with E-state index in [9.17, 15) is 4.79 Å². The van der Waals surface area contributed by atoms with Crippen LogP contribution in [-0.2, 0) is 6.54 Å². The number of carbonyl (C=O) groups excluding carboxylic acids is 1. The predicted molar refractivity (Wildman–Crippen MR) is 82.6 cm³/mol. The average Bonchev–Trinajstić information content (AvgIpc) is 2.98. The summed E-state index contributed by atoms with van der Waals surface area (Å²) in [4.78, 5) is 16.0. The first-order valence-corrected chi connectivity index (χ1v) is 7.37. The van der Waals surface area contributed by atoms with Gasteiger partial charge < -0.3 is 9.30 Å². The Morgan fingerprint density at radius 2 is 2.05 bits per heavy atom. The molecule has 0 aliphatic rings. The van der Waals surface area contributed by atoms with Crippen molar-refractivity contribution in [3.63, 3.8) is 0 Å². The van der Waals surface area contributed by atoms with Crippen LogP contribution in [-0.4, -0.2) is 21.9 Å². The highest BCUT2D eigenvalue weighted by Crippen LogP contribution is 2.14. The highest BCUT2D eigenvalue weighted by molar-refractivity contribution is 5.96. The number of rotatable bonds is 8. The summed E-state index contributed by atoms with van der Waals surface area (Å²) in [6.45, 7) is 5.72. The molecule has 0 spiro atoms. The molecule has 1 aromatic carbocycles. The standard InChI is InChI=1S/C17H22N2O2/c1-14(2)8-12-21-16-5-3-15(4-6-16)17(20)7-10-19-11-9-18-13-19/h3-6,9,11,13-14H,7-8,10,12H2,1-2H3. The lowest BCUT2D eigenvalue weighted by Crippen LogP contribution is -2.05. The van der Waals surface area contributed by atoms with E-state index in [1.807, 2.05) is 35.0 Å². The second-order valence-electron chi connectivity index (χ2n) is 5.53. The maximum atomic E-state index is 12.1. The van der Waals surface area contributed by atoms with Crippen LogP contribution in [0.15, 0.2) is 43.0 Å². The maximum Gasteiger partial charge on any atom is 0.164 e. The number of imidazole rings is 1. The number of Topliss-reactive ketones (excluding diaryl/α,β-unsaturated/α-hetero) is 1. The molecule has 0 saturated carbocycles. The molecule has 1 aromatic heterocycles. The van der Waals surface area contributed by atoms with Crippen LogP contribution in [0.2, 0.25) is 0 Å². The number of aryl methyl sites for hydroxylation is 1. The number of ketones is 1. The molecule has 2 rings (SSSR count). The van der Waals surface area contributed by atoms with Crippen molar-refractivity contribution in [2.45, 2.75) is 33.2 Å². The minimum Gasteiger partial charge on any atom is -0.494 e. The van der Waals surface area contributed by atoms with Gasteiger partial charge in [-0.3, -0.25) is 4.79 Å². The molecule has 112 valence electrons. The second kappa shape index (κ2) is 7.62. The van der Waals surface area contributed by atoms with E-state index in [0.29, 0.717) is 25.5 Å². The molecular weight excluding hydrogens is 264 g/mol. The van der Waals surface area contributed by atoms with Gasteiger partial charge in [-0.2, -0.15) is 0 Å². The minimum atomic E-state index is 0.137. The third-order valence-electron chi connectivity index (χ3n) is 3.30. The lowest BCUT2D eigenvalue weighted by Gasteiger charge is -2.08. The molecule has 2 aromatic rings. The Balaban J connectivity index is 1.82. The van der Waals surface area contributed by atoms with Gasteiger partial charge in [-0.05, 0) is 36.6 Å². The first-order chi connectivity index (χ1) is 10.1. The number of hydrogen-bond acceptors (Lipinski definition) is 3. The molecule has 0 radical (unpaired) electrons. The third kappa shape index (κ3) is 5.06. The Kier molecular flexibility index (Phi) is 5.55. The largest absolute Gasteiger partial charge is 0.494 e. The highest BCUT2D eigenvalue weighted by atomic mass is 16.5. The van der Waals surface area contributed by atoms with Gasteiger partial charge in [0.15, 0.2) is 5.78 Å². The van der Waals surface area contributed by atoms with Crippen LogP contribution in [0.25, 0.3) is 0 Å². The lowest BCUT2D eigenvalue weighted by atomic mass is 10.1. The molecule has 21 heavy (non-hydrogen) atoms. The van der Waals surface area contributed by atoms with Crippen LogP contribution in [0, 0.1) is 5.92 Å². The summed E-state index contributed by atoms with van der Waals surface area (Å²) in [6, 6.07) is 7.40. The second-order valence-corrected chi connectivity index (χ2v) is 5.53. The van der Waals surface area contributed by atoms with E-state index >= 15 is 0 Å². The smallest absolute Gasteiger partial charge is 0.164 e. The van der Waals surface area contributed by atoms with Gasteiger partial charge in [-0.25, -0.2) is 4.98 Å². The van der Waals surface area contributed by atoms with Gasteiger partial charge >= 0.3 is 0 Å². The van der Waals surface area contributed by atoms with E-state index in [4.69, 9.17) is 4.74 Å². The number of carbonyl (C=O) groups is 1. The van der Waals surface area contributed by atoms with Crippen molar-refractivity contribution in [2.24, 2.45) is 5.92 Å². The van der Waals surface area contributed by atoms with E-state index in [2.05, 4.69) is 18.8 Å². The zero-order valence-electron chi connectivity index (χ0n) is 12.7. The molecule has 0 fully saturated rings. The molecule has 1 heterocycles. The number of ether oxygens (including phenoxy) is 1. The van der Waals surface area contributed by atoms with Crippen molar-refractivity contribution in [1.29, 1.82) is 0 Å². The van der Waals surface area contributed by atoms with Crippen LogP contribution < -0.4 is 4.74 Å². The molecule has 0 unspecified atom stereocenters. The Morgan fingerprint density at radius 3 is 2.67 bits per heavy atom. The first-order valence-electron chi connectivity index (χ1n) is 7.37. The van der Waals surface area contributed by atoms with Crippen LogP contribution in [0.5, 0.6) is 5.75 Å². The van der Waals surface area contributed by atoms with E-state index in [1.54, 1.807) is 12.5 Å². The van der Waals surface area contributed by atoms with Gasteiger partial charge in [-0.15, -0.1) is 0 Å². The fourth-order valence-corrected chi connectivity index (χ4v) is 1.94. The fourth-order valence-electron chi connectivity index (χ4n) is 1.94. The normalized spacial score (nSPS) is 10.8. The summed E-state index contributed by atoms with van der Waals surface area (Å²) >= 11 is 0. The van der Waals surface area contributed by atoms with Crippen molar-refractivity contribution in [3.8, 4) is 5.75 Å². The number of nitrogens with zero attached hydrogens (tertiary/aromatic N) is 2. The molecular formula is C17H22N2O2. The van der Waals surface area contributed by atoms with Gasteiger partial charge in [0.05, 0.1) is 12.9 Å². The quantitative estimate of drug-likeness (QED) is 0.697. The van der Waals surface area contributed by atoms with Gasteiger partial charge in [0.25, 0.3) is 0 Å². The van der Waals surface area contributed by atoms with E-state index in [1.165, 1.54) is 0 Å². The van der Waals surface area contributed by atoms with Crippen molar-refractivity contribution in [2.75, 3.05) is 6.61 Å². The number of hydrogen-bond donors (Lipinski definition) is 0. The van der Waals surface area contributed by atoms with Gasteiger partial charge in [-0.1, -0.05) is 13.8 Å². The molecule has 0 aliphatic heterocycles. The van der Waals surface area contributed by atoms with Crippen LogP contribution >= 0.6 is 0 Å². The molecule has 0 bridgehead atoms. The maximum absolute atomic E-state index is 12.1. The summed E-state index contributed by atoms with van der Waals surface area (Å²) in [5.74, 6) is 1.59. The first kappa shape index (κ1) is 15.3. The van der Waals surface area contributed by atoms with Crippen molar-refractivity contribution < 1.29 is 9.53 Å². The Bertz CT molecular complexity index is 545. The summed E-state index contributed by atoms with van der Waals surface area (Å²) in [5.41, 5.74) is 0.728. The minimum absolute atomic E-state index is 0.137. The monoisotopic (exact) mass is 286 g/mol.